The quantitative estimate of drug-likeness (QED) is 0.255. The van der Waals surface area contributed by atoms with Crippen LogP contribution in [0.2, 0.25) is 0 Å². The van der Waals surface area contributed by atoms with Gasteiger partial charge in [0.1, 0.15) is 0 Å². The van der Waals surface area contributed by atoms with Gasteiger partial charge < -0.3 is 5.32 Å². The lowest BCUT2D eigenvalue weighted by Crippen LogP contribution is -2.26. The van der Waals surface area contributed by atoms with Gasteiger partial charge in [-0.3, -0.25) is 4.79 Å². The first kappa shape index (κ1) is 21.6. The fourth-order valence-corrected chi connectivity index (χ4v) is 8.05. The molecule has 1 amide bonds. The van der Waals surface area contributed by atoms with Crippen molar-refractivity contribution in [2.75, 3.05) is 31.2 Å². The van der Waals surface area contributed by atoms with Gasteiger partial charge in [0.25, 0.3) is 0 Å². The predicted molar refractivity (Wildman–Crippen MR) is 104 cm³/mol. The number of nitrogens with one attached hydrogen (secondary N) is 1. The number of carbonyl (C=O) groups is 1. The highest BCUT2D eigenvalue weighted by Gasteiger charge is 2.34. The predicted octanol–water partition coefficient (Wildman–Crippen LogP) is 5.49. The minimum absolute atomic E-state index is 0.0135. The van der Waals surface area contributed by atoms with Gasteiger partial charge in [-0.1, -0.05) is 46.6 Å². The van der Waals surface area contributed by atoms with Gasteiger partial charge in [-0.25, -0.2) is 0 Å². The Hall–Kier alpha value is -0.360. The Labute approximate surface area is 139 Å². The zero-order valence-electron chi connectivity index (χ0n) is 15.5. The van der Waals surface area contributed by atoms with E-state index in [1.54, 1.807) is 6.92 Å². The molecule has 0 bridgehead atoms. The van der Waals surface area contributed by atoms with Gasteiger partial charge in [-0.05, 0) is 32.6 Å². The number of rotatable bonds is 14. The fourth-order valence-electron chi connectivity index (χ4n) is 2.92. The molecule has 3 heteroatoms. The molecule has 0 aliphatic carbocycles. The van der Waals surface area contributed by atoms with Gasteiger partial charge in [0.05, 0.1) is 24.6 Å². The van der Waals surface area contributed by atoms with E-state index in [4.69, 9.17) is 0 Å². The summed E-state index contributed by atoms with van der Waals surface area (Å²) in [5, 5.41) is 3.00. The summed E-state index contributed by atoms with van der Waals surface area (Å²) in [7, 11) is -0.803. The lowest BCUT2D eigenvalue weighted by atomic mass is 10.3. The third kappa shape index (κ3) is 9.62. The third-order valence-electron chi connectivity index (χ3n) is 4.44. The van der Waals surface area contributed by atoms with Crippen LogP contribution in [0.5, 0.6) is 0 Å². The Morgan fingerprint density at radius 1 is 0.864 bits per heavy atom. The minimum Gasteiger partial charge on any atom is -0.352 e. The summed E-state index contributed by atoms with van der Waals surface area (Å²) < 4.78 is 0. The van der Waals surface area contributed by atoms with Crippen LogP contribution in [0.3, 0.4) is 0 Å². The first-order valence-electron chi connectivity index (χ1n) is 9.30. The molecule has 130 valence electrons. The van der Waals surface area contributed by atoms with Gasteiger partial charge in [0, 0.05) is 19.4 Å². The molecule has 0 unspecified atom stereocenters. The second-order valence-electron chi connectivity index (χ2n) is 6.69. The molecule has 0 aromatic heterocycles. The highest BCUT2D eigenvalue weighted by atomic mass is 31.2. The van der Waals surface area contributed by atoms with E-state index in [-0.39, 0.29) is 5.91 Å². The van der Waals surface area contributed by atoms with E-state index in [2.05, 4.69) is 32.7 Å². The van der Waals surface area contributed by atoms with Gasteiger partial charge in [-0.15, -0.1) is 0 Å². The molecule has 22 heavy (non-hydrogen) atoms. The number of hydrogen-bond donors (Lipinski definition) is 1. The summed E-state index contributed by atoms with van der Waals surface area (Å²) >= 11 is 0. The minimum atomic E-state index is -0.803. The standard InChI is InChI=1S/C19H38NOP/c1-6-9-14-22(15-10-7-2,16-11-8-3)17-12-13-20-19(21)18(4)5/h4,6-17H2,1-3,5H3/p+1. The third-order valence-corrected chi connectivity index (χ3v) is 9.50. The van der Waals surface area contributed by atoms with Crippen LogP contribution in [0.25, 0.3) is 0 Å². The van der Waals surface area contributed by atoms with Crippen LogP contribution >= 0.6 is 7.26 Å². The maximum absolute atomic E-state index is 11.6. The van der Waals surface area contributed by atoms with Crippen LogP contribution in [-0.4, -0.2) is 37.1 Å². The Kier molecular flexibility index (Phi) is 12.9. The SMILES string of the molecule is C=C(C)C(=O)NCCC[P+](CCCC)(CCCC)CCCC. The highest BCUT2D eigenvalue weighted by Crippen LogP contribution is 2.61. The van der Waals surface area contributed by atoms with Crippen molar-refractivity contribution < 1.29 is 4.79 Å². The number of amides is 1. The molecule has 0 heterocycles. The molecular weight excluding hydrogens is 289 g/mol. The summed E-state index contributed by atoms with van der Waals surface area (Å²) in [6.45, 7) is 13.2. The Morgan fingerprint density at radius 3 is 1.64 bits per heavy atom. The van der Waals surface area contributed by atoms with Crippen molar-refractivity contribution in [3.8, 4) is 0 Å². The molecule has 0 spiro atoms. The molecule has 0 aliphatic rings. The summed E-state index contributed by atoms with van der Waals surface area (Å²) in [6.07, 6.45) is 15.0. The van der Waals surface area contributed by atoms with Gasteiger partial charge >= 0.3 is 0 Å². The zero-order valence-corrected chi connectivity index (χ0v) is 16.4. The summed E-state index contributed by atoms with van der Waals surface area (Å²) in [5.41, 5.74) is 0.615. The fraction of sp³-hybridized carbons (Fsp3) is 0.842. The van der Waals surface area contributed by atoms with Gasteiger partial charge in [-0.2, -0.15) is 0 Å². The van der Waals surface area contributed by atoms with E-state index in [1.165, 1.54) is 63.2 Å². The molecule has 0 saturated heterocycles. The van der Waals surface area contributed by atoms with Crippen molar-refractivity contribution in [2.24, 2.45) is 0 Å². The largest absolute Gasteiger partial charge is 0.352 e. The molecule has 0 aromatic carbocycles. The summed E-state index contributed by atoms with van der Waals surface area (Å²) in [6, 6.07) is 0. The van der Waals surface area contributed by atoms with Crippen molar-refractivity contribution in [3.63, 3.8) is 0 Å². The van der Waals surface area contributed by atoms with Crippen LogP contribution in [0.1, 0.15) is 72.6 Å². The van der Waals surface area contributed by atoms with Crippen molar-refractivity contribution in [1.82, 2.24) is 5.32 Å². The Balaban J connectivity index is 4.50. The van der Waals surface area contributed by atoms with E-state index in [1.807, 2.05) is 0 Å². The van der Waals surface area contributed by atoms with Crippen LogP contribution in [0.4, 0.5) is 0 Å². The molecule has 1 N–H and O–H groups in total. The Morgan fingerprint density at radius 2 is 1.27 bits per heavy atom. The second-order valence-corrected chi connectivity index (χ2v) is 11.2. The number of carbonyl (C=O) groups excluding carboxylic acids is 1. The molecule has 0 aromatic rings. The van der Waals surface area contributed by atoms with Crippen molar-refractivity contribution in [1.29, 1.82) is 0 Å². The monoisotopic (exact) mass is 328 g/mol. The maximum atomic E-state index is 11.6. The molecule has 0 rings (SSSR count). The van der Waals surface area contributed by atoms with E-state index >= 15 is 0 Å². The van der Waals surface area contributed by atoms with E-state index in [0.29, 0.717) is 5.57 Å². The van der Waals surface area contributed by atoms with Gasteiger partial charge in [0.2, 0.25) is 5.91 Å². The van der Waals surface area contributed by atoms with Gasteiger partial charge in [0.15, 0.2) is 0 Å². The Bertz CT molecular complexity index is 293. The normalized spacial score (nSPS) is 11.5. The first-order chi connectivity index (χ1) is 10.5. The van der Waals surface area contributed by atoms with Crippen molar-refractivity contribution in [3.05, 3.63) is 12.2 Å². The van der Waals surface area contributed by atoms with Crippen LogP contribution in [-0.2, 0) is 4.79 Å². The highest BCUT2D eigenvalue weighted by molar-refractivity contribution is 7.75. The van der Waals surface area contributed by atoms with Crippen LogP contribution < -0.4 is 5.32 Å². The van der Waals surface area contributed by atoms with E-state index < -0.39 is 7.26 Å². The molecule has 0 aliphatic heterocycles. The first-order valence-corrected chi connectivity index (χ1v) is 11.8. The average Bonchev–Trinajstić information content (AvgIpc) is 2.52. The molecule has 0 fully saturated rings. The van der Waals surface area contributed by atoms with E-state index in [9.17, 15) is 4.79 Å². The molecule has 0 radical (unpaired) electrons. The second kappa shape index (κ2) is 13.1. The van der Waals surface area contributed by atoms with Crippen molar-refractivity contribution in [2.45, 2.75) is 72.6 Å². The van der Waals surface area contributed by atoms with E-state index in [0.717, 1.165) is 13.0 Å². The molecule has 0 atom stereocenters. The van der Waals surface area contributed by atoms with Crippen LogP contribution in [0.15, 0.2) is 12.2 Å². The summed E-state index contributed by atoms with van der Waals surface area (Å²) in [4.78, 5) is 11.6. The summed E-state index contributed by atoms with van der Waals surface area (Å²) in [5.74, 6) is 0.0135. The zero-order chi connectivity index (χ0) is 16.8. The molecule has 0 saturated carbocycles. The topological polar surface area (TPSA) is 29.1 Å². The maximum Gasteiger partial charge on any atom is 0.246 e. The van der Waals surface area contributed by atoms with Crippen molar-refractivity contribution >= 4 is 13.2 Å². The average molecular weight is 329 g/mol. The lowest BCUT2D eigenvalue weighted by Gasteiger charge is -2.28. The number of unbranched alkanes of at least 4 members (excludes halogenated alkanes) is 3. The molecular formula is C19H39NOP+. The molecule has 2 nitrogen and oxygen atoms in total. The van der Waals surface area contributed by atoms with Crippen LogP contribution in [0, 0.1) is 0 Å². The lowest BCUT2D eigenvalue weighted by molar-refractivity contribution is -0.117. The number of hydrogen-bond acceptors (Lipinski definition) is 1. The smallest absolute Gasteiger partial charge is 0.246 e.